The van der Waals surface area contributed by atoms with Crippen LogP contribution >= 0.6 is 0 Å². The van der Waals surface area contributed by atoms with Crippen LogP contribution in [-0.4, -0.2) is 65.6 Å². The molecule has 0 aromatic rings. The molecule has 8 nitrogen and oxygen atoms in total. The zero-order valence-corrected chi connectivity index (χ0v) is 17.1. The number of fused-ring (bicyclic) bond motifs is 3. The minimum Gasteiger partial charge on any atom is -0.458 e. The molecule has 0 aromatic carbocycles. The summed E-state index contributed by atoms with van der Waals surface area (Å²) in [6, 6.07) is 0. The summed E-state index contributed by atoms with van der Waals surface area (Å²) in [6.45, 7) is 8.43. The number of carbonyl (C=O) groups is 2. The fourth-order valence-electron chi connectivity index (χ4n) is 4.34. The highest BCUT2D eigenvalue weighted by molar-refractivity contribution is 5.92. The molecule has 0 amide bonds. The first kappa shape index (κ1) is 21.7. The van der Waals surface area contributed by atoms with Crippen LogP contribution in [0.2, 0.25) is 0 Å². The van der Waals surface area contributed by atoms with Gasteiger partial charge in [-0.05, 0) is 26.8 Å². The van der Waals surface area contributed by atoms with Crippen LogP contribution in [0.5, 0.6) is 0 Å². The van der Waals surface area contributed by atoms with Crippen molar-refractivity contribution in [3.05, 3.63) is 35.5 Å². The summed E-state index contributed by atoms with van der Waals surface area (Å²) in [7, 11) is 1.50. The quantitative estimate of drug-likeness (QED) is 0.405. The number of rotatable bonds is 4. The Kier molecular flexibility index (Phi) is 5.75. The lowest BCUT2D eigenvalue weighted by Crippen LogP contribution is -2.45. The monoisotopic (exact) mass is 408 g/mol. The lowest BCUT2D eigenvalue weighted by Gasteiger charge is -2.35. The molecule has 8 heteroatoms. The van der Waals surface area contributed by atoms with Crippen LogP contribution in [0.15, 0.2) is 35.5 Å². The second kappa shape index (κ2) is 7.68. The van der Waals surface area contributed by atoms with Gasteiger partial charge in [0.1, 0.15) is 12.2 Å². The molecule has 29 heavy (non-hydrogen) atoms. The smallest absolute Gasteiger partial charge is 0.334 e. The third-order valence-electron chi connectivity index (χ3n) is 6.15. The number of aliphatic hydroxyl groups is 2. The van der Waals surface area contributed by atoms with Crippen molar-refractivity contribution in [3.63, 3.8) is 0 Å². The van der Waals surface area contributed by atoms with E-state index >= 15 is 0 Å². The predicted octanol–water partition coefficient (Wildman–Crippen LogP) is 1.17. The largest absolute Gasteiger partial charge is 0.458 e. The molecule has 0 radical (unpaired) electrons. The molecule has 6 atom stereocenters. The summed E-state index contributed by atoms with van der Waals surface area (Å²) in [5.74, 6) is -3.60. The van der Waals surface area contributed by atoms with Crippen molar-refractivity contribution < 1.29 is 38.7 Å². The summed E-state index contributed by atoms with van der Waals surface area (Å²) < 4.78 is 22.7. The van der Waals surface area contributed by atoms with Gasteiger partial charge < -0.3 is 29.2 Å². The zero-order chi connectivity index (χ0) is 21.6. The Hall–Kier alpha value is -2.00. The number of hydrogen-bond donors (Lipinski definition) is 2. The normalized spacial score (nSPS) is 41.6. The number of ether oxygens (including phenoxy) is 4. The minimum absolute atomic E-state index is 0.0766. The van der Waals surface area contributed by atoms with E-state index in [2.05, 4.69) is 6.58 Å². The molecule has 3 aliphatic heterocycles. The van der Waals surface area contributed by atoms with Gasteiger partial charge >= 0.3 is 11.9 Å². The van der Waals surface area contributed by atoms with Crippen LogP contribution in [0.1, 0.15) is 33.6 Å². The third-order valence-corrected chi connectivity index (χ3v) is 6.15. The van der Waals surface area contributed by atoms with Crippen molar-refractivity contribution >= 4 is 11.9 Å². The molecular formula is C21H28O8. The summed E-state index contributed by atoms with van der Waals surface area (Å²) in [5, 5.41) is 21.0. The number of esters is 2. The van der Waals surface area contributed by atoms with E-state index in [1.165, 1.54) is 13.2 Å². The minimum atomic E-state index is -1.79. The van der Waals surface area contributed by atoms with E-state index in [0.29, 0.717) is 5.57 Å². The van der Waals surface area contributed by atoms with Gasteiger partial charge in [-0.3, -0.25) is 0 Å². The molecule has 0 aliphatic carbocycles. The van der Waals surface area contributed by atoms with E-state index in [0.717, 1.165) is 0 Å². The first-order valence-electron chi connectivity index (χ1n) is 9.59. The van der Waals surface area contributed by atoms with Crippen molar-refractivity contribution in [1.82, 2.24) is 0 Å². The molecule has 0 unspecified atom stereocenters. The van der Waals surface area contributed by atoms with Gasteiger partial charge in [-0.25, -0.2) is 9.59 Å². The van der Waals surface area contributed by atoms with Crippen molar-refractivity contribution in [3.8, 4) is 0 Å². The van der Waals surface area contributed by atoms with E-state index in [9.17, 15) is 19.8 Å². The maximum absolute atomic E-state index is 12.5. The maximum atomic E-state index is 12.5. The number of aliphatic hydroxyl groups excluding tert-OH is 1. The van der Waals surface area contributed by atoms with Crippen LogP contribution in [-0.2, 0) is 28.5 Å². The van der Waals surface area contributed by atoms with Crippen LogP contribution in [0, 0.1) is 5.92 Å². The molecule has 2 N–H and O–H groups in total. The molecule has 0 spiro atoms. The second-order valence-electron chi connectivity index (χ2n) is 8.02. The molecular weight excluding hydrogens is 380 g/mol. The molecule has 3 aliphatic rings. The van der Waals surface area contributed by atoms with Crippen molar-refractivity contribution in [2.24, 2.45) is 5.92 Å². The van der Waals surface area contributed by atoms with E-state index in [4.69, 9.17) is 18.9 Å². The van der Waals surface area contributed by atoms with Gasteiger partial charge in [0.15, 0.2) is 5.79 Å². The van der Waals surface area contributed by atoms with Crippen LogP contribution in [0.3, 0.4) is 0 Å². The number of carbonyl (C=O) groups excluding carboxylic acids is 2. The Labute approximate surface area is 169 Å². The molecule has 0 aromatic heterocycles. The van der Waals surface area contributed by atoms with Crippen molar-refractivity contribution in [2.45, 2.75) is 63.3 Å². The number of allylic oxidation sites excluding steroid dienone is 1. The van der Waals surface area contributed by atoms with Gasteiger partial charge in [-0.1, -0.05) is 12.7 Å². The average molecular weight is 408 g/mol. The summed E-state index contributed by atoms with van der Waals surface area (Å²) >= 11 is 0. The van der Waals surface area contributed by atoms with Crippen LogP contribution in [0.25, 0.3) is 0 Å². The summed E-state index contributed by atoms with van der Waals surface area (Å²) in [4.78, 5) is 24.8. The van der Waals surface area contributed by atoms with Crippen molar-refractivity contribution in [1.29, 1.82) is 0 Å². The Morgan fingerprint density at radius 1 is 1.45 bits per heavy atom. The Morgan fingerprint density at radius 2 is 2.14 bits per heavy atom. The summed E-state index contributed by atoms with van der Waals surface area (Å²) in [5.41, 5.74) is -0.298. The highest BCUT2D eigenvalue weighted by Gasteiger charge is 2.59. The predicted molar refractivity (Wildman–Crippen MR) is 101 cm³/mol. The number of methoxy groups -OCH3 is 1. The Balaban J connectivity index is 2.11. The lowest BCUT2D eigenvalue weighted by molar-refractivity contribution is -0.212. The van der Waals surface area contributed by atoms with E-state index in [1.54, 1.807) is 26.8 Å². The zero-order valence-electron chi connectivity index (χ0n) is 17.1. The second-order valence-corrected chi connectivity index (χ2v) is 8.02. The SMILES string of the molecule is C=C1C(=O)O[C@H]2/C=C(/CO)[C@]3(O)C[C@@H](OC)[C@](C)(C[C@@H](OC(=O)/C(C)=C\C)[C@@H]12)O3. The molecule has 160 valence electrons. The van der Waals surface area contributed by atoms with Crippen LogP contribution in [0.4, 0.5) is 0 Å². The molecule has 2 saturated heterocycles. The standard InChI is InChI=1S/C21H28O8/c1-6-11(2)18(23)28-15-8-20(4)16(26-5)9-21(25,29-20)13(10-22)7-14-17(15)12(3)19(24)27-14/h6-7,14-17,22,25H,3,8-10H2,1-2,4-5H3/b11-6-,13-7-/t14-,15+,16+,17-,20-,21-/m0/s1. The fourth-order valence-corrected chi connectivity index (χ4v) is 4.34. The molecule has 0 saturated carbocycles. The molecule has 2 fully saturated rings. The Bertz CT molecular complexity index is 784. The maximum Gasteiger partial charge on any atom is 0.334 e. The van der Waals surface area contributed by atoms with Gasteiger partial charge in [-0.2, -0.15) is 0 Å². The van der Waals surface area contributed by atoms with Gasteiger partial charge in [0.05, 0.1) is 24.2 Å². The van der Waals surface area contributed by atoms with Gasteiger partial charge in [-0.15, -0.1) is 0 Å². The fraction of sp³-hybridized carbons (Fsp3) is 0.619. The van der Waals surface area contributed by atoms with Gasteiger partial charge in [0.2, 0.25) is 0 Å². The summed E-state index contributed by atoms with van der Waals surface area (Å²) in [6.07, 6.45) is 1.11. The molecule has 3 rings (SSSR count). The van der Waals surface area contributed by atoms with E-state index in [1.807, 2.05) is 0 Å². The van der Waals surface area contributed by atoms with E-state index < -0.39 is 54.2 Å². The first-order valence-corrected chi connectivity index (χ1v) is 9.59. The average Bonchev–Trinajstić information content (AvgIpc) is 3.11. The van der Waals surface area contributed by atoms with Crippen molar-refractivity contribution in [2.75, 3.05) is 13.7 Å². The van der Waals surface area contributed by atoms with Crippen LogP contribution < -0.4 is 0 Å². The van der Waals surface area contributed by atoms with Gasteiger partial charge in [0.25, 0.3) is 0 Å². The molecule has 3 heterocycles. The highest BCUT2D eigenvalue weighted by Crippen LogP contribution is 2.48. The van der Waals surface area contributed by atoms with E-state index in [-0.39, 0.29) is 24.0 Å². The lowest BCUT2D eigenvalue weighted by atomic mass is 9.80. The Morgan fingerprint density at radius 3 is 2.72 bits per heavy atom. The van der Waals surface area contributed by atoms with Gasteiger partial charge in [0, 0.05) is 36.7 Å². The number of hydrogen-bond acceptors (Lipinski definition) is 8. The molecule has 2 bridgehead atoms. The topological polar surface area (TPSA) is 112 Å². The highest BCUT2D eigenvalue weighted by atomic mass is 16.7. The first-order chi connectivity index (χ1) is 13.6. The third kappa shape index (κ3) is 3.66.